The lowest BCUT2D eigenvalue weighted by atomic mass is 9.73. The van der Waals surface area contributed by atoms with Crippen LogP contribution >= 0.6 is 0 Å². The predicted octanol–water partition coefficient (Wildman–Crippen LogP) is 3.61. The Morgan fingerprint density at radius 3 is 1.96 bits per heavy atom. The van der Waals surface area contributed by atoms with Crippen LogP contribution in [0.15, 0.2) is 48.5 Å². The summed E-state index contributed by atoms with van der Waals surface area (Å²) in [6.07, 6.45) is 1.52. The van der Waals surface area contributed by atoms with Crippen molar-refractivity contribution in [3.05, 3.63) is 59.7 Å². The number of hydrogen-bond donors (Lipinski definition) is 2. The molecule has 3 rings (SSSR count). The molecular weight excluding hydrogens is 296 g/mol. The van der Waals surface area contributed by atoms with Gasteiger partial charge in [-0.2, -0.15) is 0 Å². The minimum absolute atomic E-state index is 0.0636. The number of amides is 1. The Bertz CT molecular complexity index is 704. The van der Waals surface area contributed by atoms with Gasteiger partial charge in [-0.3, -0.25) is 4.79 Å². The number of nitrogens with two attached hydrogens (primary N) is 1. The van der Waals surface area contributed by atoms with Gasteiger partial charge in [-0.25, -0.2) is 0 Å². The molecule has 3 nitrogen and oxygen atoms in total. The van der Waals surface area contributed by atoms with E-state index in [9.17, 15) is 4.79 Å². The fourth-order valence-corrected chi connectivity index (χ4v) is 3.78. The Kier molecular flexibility index (Phi) is 4.46. The molecular formula is C21H26N2O. The third-order valence-electron chi connectivity index (χ3n) is 4.85. The Morgan fingerprint density at radius 1 is 1.00 bits per heavy atom. The molecule has 1 amide bonds. The molecule has 0 spiro atoms. The van der Waals surface area contributed by atoms with Crippen molar-refractivity contribution in [1.29, 1.82) is 0 Å². The van der Waals surface area contributed by atoms with E-state index in [-0.39, 0.29) is 18.0 Å². The zero-order chi connectivity index (χ0) is 17.3. The van der Waals surface area contributed by atoms with Crippen molar-refractivity contribution < 1.29 is 4.79 Å². The largest absolute Gasteiger partial charge is 0.353 e. The molecule has 0 fully saturated rings. The van der Waals surface area contributed by atoms with E-state index in [0.717, 1.165) is 35.1 Å². The molecule has 126 valence electrons. The monoisotopic (exact) mass is 322 g/mol. The van der Waals surface area contributed by atoms with E-state index in [0.29, 0.717) is 0 Å². The number of fused-ring (bicyclic) bond motifs is 3. The molecule has 3 N–H and O–H groups in total. The second kappa shape index (κ2) is 6.40. The SMILES string of the molecule is CC(N)CCC1(C(=O)NC(C)C)c2ccccc2-c2ccccc21. The van der Waals surface area contributed by atoms with Crippen molar-refractivity contribution in [1.82, 2.24) is 5.32 Å². The quantitative estimate of drug-likeness (QED) is 0.883. The van der Waals surface area contributed by atoms with Crippen LogP contribution in [0.2, 0.25) is 0 Å². The molecule has 2 aromatic rings. The summed E-state index contributed by atoms with van der Waals surface area (Å²) in [4.78, 5) is 13.4. The van der Waals surface area contributed by atoms with Gasteiger partial charge in [-0.15, -0.1) is 0 Å². The average Bonchev–Trinajstić information content (AvgIpc) is 2.84. The van der Waals surface area contributed by atoms with Gasteiger partial charge in [-0.05, 0) is 55.9 Å². The zero-order valence-electron chi connectivity index (χ0n) is 14.7. The summed E-state index contributed by atoms with van der Waals surface area (Å²) in [6.45, 7) is 6.01. The molecule has 24 heavy (non-hydrogen) atoms. The van der Waals surface area contributed by atoms with Crippen LogP contribution < -0.4 is 11.1 Å². The van der Waals surface area contributed by atoms with Gasteiger partial charge in [0.05, 0.1) is 0 Å². The molecule has 0 saturated carbocycles. The highest BCUT2D eigenvalue weighted by atomic mass is 16.2. The van der Waals surface area contributed by atoms with Crippen LogP contribution in [-0.2, 0) is 10.2 Å². The molecule has 1 aliphatic carbocycles. The maximum atomic E-state index is 13.4. The van der Waals surface area contributed by atoms with E-state index in [1.807, 2.05) is 45.0 Å². The summed E-state index contributed by atoms with van der Waals surface area (Å²) >= 11 is 0. The molecule has 1 unspecified atom stereocenters. The Hall–Kier alpha value is -2.13. The van der Waals surface area contributed by atoms with E-state index in [1.165, 1.54) is 0 Å². The maximum absolute atomic E-state index is 13.4. The Labute approximate surface area is 144 Å². The van der Waals surface area contributed by atoms with Crippen molar-refractivity contribution in [2.75, 3.05) is 0 Å². The van der Waals surface area contributed by atoms with Crippen molar-refractivity contribution >= 4 is 5.91 Å². The first-order chi connectivity index (χ1) is 11.5. The Balaban J connectivity index is 2.21. The van der Waals surface area contributed by atoms with Crippen molar-refractivity contribution in [3.8, 4) is 11.1 Å². The predicted molar refractivity (Wildman–Crippen MR) is 98.8 cm³/mol. The van der Waals surface area contributed by atoms with Crippen LogP contribution in [0.4, 0.5) is 0 Å². The van der Waals surface area contributed by atoms with Gasteiger partial charge in [0.2, 0.25) is 5.91 Å². The summed E-state index contributed by atoms with van der Waals surface area (Å²) in [6, 6.07) is 16.7. The molecule has 1 aliphatic rings. The lowest BCUT2D eigenvalue weighted by Crippen LogP contribution is -2.47. The third-order valence-corrected chi connectivity index (χ3v) is 4.85. The van der Waals surface area contributed by atoms with Crippen LogP contribution in [0.1, 0.15) is 44.7 Å². The standard InChI is InChI=1S/C21H26N2O/c1-14(2)23-20(24)21(13-12-15(3)22)18-10-6-4-8-16(18)17-9-5-7-11-19(17)21/h4-11,14-15H,12-13,22H2,1-3H3,(H,23,24). The number of rotatable bonds is 5. The third kappa shape index (κ3) is 2.63. The fourth-order valence-electron chi connectivity index (χ4n) is 3.78. The van der Waals surface area contributed by atoms with E-state index in [2.05, 4.69) is 29.6 Å². The lowest BCUT2D eigenvalue weighted by molar-refractivity contribution is -0.126. The van der Waals surface area contributed by atoms with E-state index >= 15 is 0 Å². The number of benzene rings is 2. The number of nitrogens with one attached hydrogen (secondary N) is 1. The maximum Gasteiger partial charge on any atom is 0.235 e. The topological polar surface area (TPSA) is 55.1 Å². The van der Waals surface area contributed by atoms with Crippen LogP contribution in [0.25, 0.3) is 11.1 Å². The highest BCUT2D eigenvalue weighted by molar-refractivity contribution is 6.00. The van der Waals surface area contributed by atoms with E-state index in [4.69, 9.17) is 5.73 Å². The Morgan fingerprint density at radius 2 is 1.50 bits per heavy atom. The number of carbonyl (C=O) groups excluding carboxylic acids is 1. The van der Waals surface area contributed by atoms with Crippen LogP contribution in [0.5, 0.6) is 0 Å². The number of carbonyl (C=O) groups is 1. The van der Waals surface area contributed by atoms with Gasteiger partial charge in [0.15, 0.2) is 0 Å². The molecule has 1 atom stereocenters. The average molecular weight is 322 g/mol. The summed E-state index contributed by atoms with van der Waals surface area (Å²) in [5.74, 6) is 0.0792. The molecule has 2 aromatic carbocycles. The van der Waals surface area contributed by atoms with Gasteiger partial charge >= 0.3 is 0 Å². The second-order valence-corrected chi connectivity index (χ2v) is 7.14. The van der Waals surface area contributed by atoms with Crippen molar-refractivity contribution in [3.63, 3.8) is 0 Å². The highest BCUT2D eigenvalue weighted by Crippen LogP contribution is 2.51. The van der Waals surface area contributed by atoms with Gasteiger partial charge in [0.25, 0.3) is 0 Å². The van der Waals surface area contributed by atoms with E-state index < -0.39 is 5.41 Å². The van der Waals surface area contributed by atoms with E-state index in [1.54, 1.807) is 0 Å². The van der Waals surface area contributed by atoms with Crippen LogP contribution in [-0.4, -0.2) is 18.0 Å². The zero-order valence-corrected chi connectivity index (χ0v) is 14.7. The summed E-state index contributed by atoms with van der Waals surface area (Å²) < 4.78 is 0. The lowest BCUT2D eigenvalue weighted by Gasteiger charge is -2.32. The van der Waals surface area contributed by atoms with Crippen LogP contribution in [0.3, 0.4) is 0 Å². The normalized spacial score (nSPS) is 15.7. The molecule has 0 aromatic heterocycles. The fraction of sp³-hybridized carbons (Fsp3) is 0.381. The molecule has 0 bridgehead atoms. The number of hydrogen-bond acceptors (Lipinski definition) is 2. The molecule has 3 heteroatoms. The van der Waals surface area contributed by atoms with Gasteiger partial charge in [0.1, 0.15) is 5.41 Å². The minimum atomic E-state index is -0.648. The van der Waals surface area contributed by atoms with Gasteiger partial charge < -0.3 is 11.1 Å². The molecule has 0 radical (unpaired) electrons. The van der Waals surface area contributed by atoms with Crippen molar-refractivity contribution in [2.24, 2.45) is 5.73 Å². The van der Waals surface area contributed by atoms with Crippen LogP contribution in [0, 0.1) is 0 Å². The summed E-state index contributed by atoms with van der Waals surface area (Å²) in [5, 5.41) is 3.15. The summed E-state index contributed by atoms with van der Waals surface area (Å²) in [7, 11) is 0. The minimum Gasteiger partial charge on any atom is -0.353 e. The van der Waals surface area contributed by atoms with Gasteiger partial charge in [-0.1, -0.05) is 48.5 Å². The molecule has 0 heterocycles. The first-order valence-corrected chi connectivity index (χ1v) is 8.72. The summed E-state index contributed by atoms with van der Waals surface area (Å²) in [5.41, 5.74) is 9.92. The highest BCUT2D eigenvalue weighted by Gasteiger charge is 2.48. The molecule has 0 saturated heterocycles. The second-order valence-electron chi connectivity index (χ2n) is 7.14. The van der Waals surface area contributed by atoms with Crippen molar-refractivity contribution in [2.45, 2.75) is 51.1 Å². The van der Waals surface area contributed by atoms with Gasteiger partial charge in [0, 0.05) is 12.1 Å². The first-order valence-electron chi connectivity index (χ1n) is 8.72. The molecule has 0 aliphatic heterocycles. The first kappa shape index (κ1) is 16.7. The smallest absolute Gasteiger partial charge is 0.235 e.